The molecule has 4 heteroatoms. The zero-order chi connectivity index (χ0) is 10.4. The van der Waals surface area contributed by atoms with E-state index in [9.17, 15) is 4.79 Å². The quantitative estimate of drug-likeness (QED) is 0.749. The van der Waals surface area contributed by atoms with E-state index in [0.29, 0.717) is 6.42 Å². The summed E-state index contributed by atoms with van der Waals surface area (Å²) in [5, 5.41) is 8.87. The van der Waals surface area contributed by atoms with Gasteiger partial charge in [-0.2, -0.15) is 0 Å². The molecule has 1 aliphatic rings. The van der Waals surface area contributed by atoms with Crippen molar-refractivity contribution in [2.75, 3.05) is 0 Å². The van der Waals surface area contributed by atoms with Crippen LogP contribution in [0, 0.1) is 17.3 Å². The Labute approximate surface area is 88.2 Å². The van der Waals surface area contributed by atoms with Gasteiger partial charge in [-0.3, -0.25) is 4.79 Å². The molecule has 1 aliphatic carbocycles. The molecule has 0 amide bonds. The summed E-state index contributed by atoms with van der Waals surface area (Å²) in [5.41, 5.74) is -0.156. The molecule has 0 aliphatic heterocycles. The first-order valence-electron chi connectivity index (χ1n) is 4.27. The van der Waals surface area contributed by atoms with E-state index < -0.39 is 10.3 Å². The Morgan fingerprint density at radius 2 is 2.00 bits per heavy atom. The van der Waals surface area contributed by atoms with Crippen molar-refractivity contribution in [3.8, 4) is 0 Å². The molecule has 2 nitrogen and oxygen atoms in total. The van der Waals surface area contributed by atoms with Gasteiger partial charge in [0.2, 0.25) is 0 Å². The van der Waals surface area contributed by atoms with Gasteiger partial charge in [-0.25, -0.2) is 0 Å². The van der Waals surface area contributed by atoms with E-state index in [4.69, 9.17) is 28.3 Å². The summed E-state index contributed by atoms with van der Waals surface area (Å²) in [6.07, 6.45) is 0.542. The molecule has 1 rings (SSSR count). The Morgan fingerprint density at radius 3 is 2.23 bits per heavy atom. The smallest absolute Gasteiger partial charge is 0.307 e. The predicted molar refractivity (Wildman–Crippen MR) is 53.1 cm³/mol. The second-order valence-corrected chi connectivity index (χ2v) is 6.38. The number of carboxylic acid groups (broad SMARTS) is 1. The fraction of sp³-hybridized carbons (Fsp3) is 0.889. The number of carbonyl (C=O) groups is 1. The van der Waals surface area contributed by atoms with E-state index in [1.54, 1.807) is 6.92 Å². The van der Waals surface area contributed by atoms with Gasteiger partial charge < -0.3 is 5.11 Å². The largest absolute Gasteiger partial charge is 0.481 e. The van der Waals surface area contributed by atoms with E-state index in [-0.39, 0.29) is 17.3 Å². The molecule has 0 aromatic carbocycles. The van der Waals surface area contributed by atoms with Crippen LogP contribution in [0.5, 0.6) is 0 Å². The van der Waals surface area contributed by atoms with E-state index in [2.05, 4.69) is 0 Å². The average Bonchev–Trinajstić information content (AvgIpc) is 2.28. The van der Waals surface area contributed by atoms with Crippen molar-refractivity contribution in [2.24, 2.45) is 17.3 Å². The average molecular weight is 225 g/mol. The molecular formula is C9H14Cl2O2. The van der Waals surface area contributed by atoms with Crippen LogP contribution >= 0.6 is 23.2 Å². The summed E-state index contributed by atoms with van der Waals surface area (Å²) in [5.74, 6) is -0.929. The molecule has 13 heavy (non-hydrogen) atoms. The number of carboxylic acids is 1. The fourth-order valence-electron chi connectivity index (χ4n) is 2.00. The highest BCUT2D eigenvalue weighted by Gasteiger charge is 2.62. The number of hydrogen-bond donors (Lipinski definition) is 1. The zero-order valence-corrected chi connectivity index (χ0v) is 9.49. The summed E-state index contributed by atoms with van der Waals surface area (Å²) >= 11 is 11.7. The van der Waals surface area contributed by atoms with Crippen LogP contribution in [0.15, 0.2) is 0 Å². The summed E-state index contributed by atoms with van der Waals surface area (Å²) in [6.45, 7) is 5.58. The third-order valence-electron chi connectivity index (χ3n) is 2.89. The van der Waals surface area contributed by atoms with Crippen LogP contribution in [0.3, 0.4) is 0 Å². The van der Waals surface area contributed by atoms with Crippen molar-refractivity contribution in [3.63, 3.8) is 0 Å². The molecule has 0 heterocycles. The molecule has 0 radical (unpaired) electrons. The van der Waals surface area contributed by atoms with Gasteiger partial charge in [0.05, 0.1) is 5.92 Å². The van der Waals surface area contributed by atoms with E-state index in [0.717, 1.165) is 0 Å². The van der Waals surface area contributed by atoms with Crippen molar-refractivity contribution in [3.05, 3.63) is 0 Å². The van der Waals surface area contributed by atoms with Crippen LogP contribution < -0.4 is 0 Å². The van der Waals surface area contributed by atoms with Crippen molar-refractivity contribution < 1.29 is 9.90 Å². The molecule has 76 valence electrons. The Balaban J connectivity index is 2.61. The lowest BCUT2D eigenvalue weighted by Crippen LogP contribution is -2.09. The van der Waals surface area contributed by atoms with Crippen molar-refractivity contribution >= 4 is 29.2 Å². The zero-order valence-electron chi connectivity index (χ0n) is 7.97. The molecule has 0 saturated heterocycles. The maximum Gasteiger partial charge on any atom is 0.307 e. The molecule has 0 spiro atoms. The lowest BCUT2D eigenvalue weighted by Gasteiger charge is -2.13. The monoisotopic (exact) mass is 224 g/mol. The first-order valence-corrected chi connectivity index (χ1v) is 5.02. The number of halogens is 2. The molecule has 0 aromatic rings. The van der Waals surface area contributed by atoms with Crippen molar-refractivity contribution in [1.29, 1.82) is 0 Å². The fourth-order valence-corrected chi connectivity index (χ4v) is 2.33. The molecule has 1 saturated carbocycles. The number of alkyl halides is 2. The van der Waals surface area contributed by atoms with Gasteiger partial charge in [0.25, 0.3) is 0 Å². The summed E-state index contributed by atoms with van der Waals surface area (Å²) in [4.78, 5) is 10.8. The topological polar surface area (TPSA) is 37.3 Å². The number of aliphatic carboxylic acids is 1. The van der Waals surface area contributed by atoms with Crippen molar-refractivity contribution in [1.82, 2.24) is 0 Å². The third-order valence-corrected chi connectivity index (χ3v) is 3.20. The molecule has 1 N–H and O–H groups in total. The van der Waals surface area contributed by atoms with E-state index >= 15 is 0 Å². The molecular weight excluding hydrogens is 211 g/mol. The molecule has 0 unspecified atom stereocenters. The Hall–Kier alpha value is 0.0500. The number of rotatable bonds is 3. The molecule has 0 aromatic heterocycles. The summed E-state index contributed by atoms with van der Waals surface area (Å²) in [6, 6.07) is 0. The van der Waals surface area contributed by atoms with Crippen LogP contribution in [-0.4, -0.2) is 15.4 Å². The van der Waals surface area contributed by atoms with Crippen LogP contribution in [0.2, 0.25) is 0 Å². The Morgan fingerprint density at radius 1 is 1.54 bits per heavy atom. The first kappa shape index (κ1) is 11.1. The molecule has 1 fully saturated rings. The number of hydrogen-bond acceptors (Lipinski definition) is 1. The van der Waals surface area contributed by atoms with Crippen LogP contribution in [0.4, 0.5) is 0 Å². The minimum atomic E-state index is -0.813. The normalized spacial score (nSPS) is 31.5. The highest BCUT2D eigenvalue weighted by atomic mass is 35.5. The first-order chi connectivity index (χ1) is 5.66. The van der Waals surface area contributed by atoms with Gasteiger partial charge in [0.1, 0.15) is 4.33 Å². The predicted octanol–water partition coefficient (Wildman–Crippen LogP) is 2.93. The lowest BCUT2D eigenvalue weighted by atomic mass is 10.1. The van der Waals surface area contributed by atoms with Crippen molar-refractivity contribution in [2.45, 2.75) is 31.5 Å². The van der Waals surface area contributed by atoms with Crippen LogP contribution in [-0.2, 0) is 4.79 Å². The lowest BCUT2D eigenvalue weighted by molar-refractivity contribution is -0.139. The summed E-state index contributed by atoms with van der Waals surface area (Å²) < 4.78 is -0.813. The molecule has 0 bridgehead atoms. The van der Waals surface area contributed by atoms with E-state index in [1.165, 1.54) is 0 Å². The minimum absolute atomic E-state index is 0.102. The third kappa shape index (κ3) is 2.29. The second-order valence-electron chi connectivity index (χ2n) is 4.52. The standard InChI is InChI=1S/C9H14Cl2O2/c1-8(2)5(4-9(3,10)11)6(8)7(12)13/h5-6H,4H2,1-3H3,(H,12,13)/t5-,6+/m0/s1. The Kier molecular flexibility index (Phi) is 2.59. The Bertz CT molecular complexity index is 230. The highest BCUT2D eigenvalue weighted by Crippen LogP contribution is 2.62. The highest BCUT2D eigenvalue weighted by molar-refractivity contribution is 6.48. The maximum absolute atomic E-state index is 10.8. The van der Waals surface area contributed by atoms with Crippen LogP contribution in [0.25, 0.3) is 0 Å². The maximum atomic E-state index is 10.8. The van der Waals surface area contributed by atoms with E-state index in [1.807, 2.05) is 13.8 Å². The SMILES string of the molecule is CC(Cl)(Cl)C[C@H]1[C@H](C(=O)O)C1(C)C. The van der Waals surface area contributed by atoms with Gasteiger partial charge >= 0.3 is 5.97 Å². The van der Waals surface area contributed by atoms with Gasteiger partial charge in [0.15, 0.2) is 0 Å². The summed E-state index contributed by atoms with van der Waals surface area (Å²) in [7, 11) is 0. The van der Waals surface area contributed by atoms with Gasteiger partial charge in [-0.1, -0.05) is 13.8 Å². The molecule has 2 atom stereocenters. The van der Waals surface area contributed by atoms with Gasteiger partial charge in [-0.15, -0.1) is 23.2 Å². The minimum Gasteiger partial charge on any atom is -0.481 e. The second kappa shape index (κ2) is 3.03. The van der Waals surface area contributed by atoms with Gasteiger partial charge in [0, 0.05) is 0 Å². The van der Waals surface area contributed by atoms with Crippen LogP contribution in [0.1, 0.15) is 27.2 Å². The van der Waals surface area contributed by atoms with Gasteiger partial charge in [-0.05, 0) is 24.7 Å².